The highest BCUT2D eigenvalue weighted by molar-refractivity contribution is 9.10. The van der Waals surface area contributed by atoms with Gasteiger partial charge in [0, 0.05) is 4.47 Å². The molecule has 0 aromatic heterocycles. The van der Waals surface area contributed by atoms with Gasteiger partial charge in [-0.25, -0.2) is 0 Å². The van der Waals surface area contributed by atoms with Crippen LogP contribution in [-0.4, -0.2) is 0 Å². The van der Waals surface area contributed by atoms with E-state index in [9.17, 15) is 0 Å². The molecule has 0 radical (unpaired) electrons. The Labute approximate surface area is 156 Å². The van der Waals surface area contributed by atoms with Crippen molar-refractivity contribution in [2.45, 2.75) is 12.8 Å². The number of halogens is 1. The van der Waals surface area contributed by atoms with Crippen molar-refractivity contribution in [3.8, 4) is 0 Å². The second-order valence-electron chi connectivity index (χ2n) is 6.81. The first-order chi connectivity index (χ1) is 12.3. The molecule has 25 heavy (non-hydrogen) atoms. The van der Waals surface area contributed by atoms with Crippen LogP contribution < -0.4 is 0 Å². The molecule has 0 atom stereocenters. The summed E-state index contributed by atoms with van der Waals surface area (Å²) < 4.78 is 1.16. The number of benzene rings is 3. The lowest BCUT2D eigenvalue weighted by molar-refractivity contribution is 1.30. The normalized spacial score (nSPS) is 14.8. The standard InChI is InChI=1S/C24H17Br/c25-24-10-9-20-13-22(14-23(20)15-24)17-7-5-16(6-8-17)21-11-18-3-1-2-4-19(18)12-21/h1-11,13,15H,12,14H2. The lowest BCUT2D eigenvalue weighted by atomic mass is 9.98. The van der Waals surface area contributed by atoms with E-state index in [2.05, 4.69) is 94.8 Å². The van der Waals surface area contributed by atoms with Crippen LogP contribution in [0.1, 0.15) is 33.4 Å². The van der Waals surface area contributed by atoms with E-state index in [1.807, 2.05) is 0 Å². The first-order valence-corrected chi connectivity index (χ1v) is 9.44. The Bertz CT molecular complexity index is 1040. The lowest BCUT2D eigenvalue weighted by Gasteiger charge is -2.06. The third-order valence-electron chi connectivity index (χ3n) is 5.21. The third kappa shape index (κ3) is 2.69. The molecule has 0 saturated heterocycles. The summed E-state index contributed by atoms with van der Waals surface area (Å²) in [6.07, 6.45) is 6.70. The summed E-state index contributed by atoms with van der Waals surface area (Å²) in [5.74, 6) is 0. The fraction of sp³-hybridized carbons (Fsp3) is 0.0833. The molecule has 0 bridgehead atoms. The number of rotatable bonds is 2. The molecule has 0 unspecified atom stereocenters. The second-order valence-corrected chi connectivity index (χ2v) is 7.73. The highest BCUT2D eigenvalue weighted by Gasteiger charge is 2.16. The van der Waals surface area contributed by atoms with Crippen molar-refractivity contribution in [2.24, 2.45) is 0 Å². The van der Waals surface area contributed by atoms with Crippen LogP contribution in [0.5, 0.6) is 0 Å². The number of hydrogen-bond donors (Lipinski definition) is 0. The van der Waals surface area contributed by atoms with E-state index in [4.69, 9.17) is 0 Å². The van der Waals surface area contributed by atoms with E-state index in [-0.39, 0.29) is 0 Å². The smallest absolute Gasteiger partial charge is 0.0178 e. The average Bonchev–Trinajstić information content (AvgIpc) is 3.25. The van der Waals surface area contributed by atoms with Crippen molar-refractivity contribution in [3.63, 3.8) is 0 Å². The predicted molar refractivity (Wildman–Crippen MR) is 110 cm³/mol. The van der Waals surface area contributed by atoms with E-state index < -0.39 is 0 Å². The second kappa shape index (κ2) is 5.86. The van der Waals surface area contributed by atoms with Gasteiger partial charge in [0.1, 0.15) is 0 Å². The van der Waals surface area contributed by atoms with Gasteiger partial charge < -0.3 is 0 Å². The molecule has 0 saturated carbocycles. The van der Waals surface area contributed by atoms with E-state index >= 15 is 0 Å². The zero-order valence-corrected chi connectivity index (χ0v) is 15.4. The molecule has 0 amide bonds. The predicted octanol–water partition coefficient (Wildman–Crippen LogP) is 6.64. The minimum atomic E-state index is 1.02. The Morgan fingerprint density at radius 3 is 1.88 bits per heavy atom. The SMILES string of the molecule is Brc1ccc2c(c1)CC(c1ccc(C3=Cc4ccccc4C3)cc1)=C2. The number of hydrogen-bond acceptors (Lipinski definition) is 0. The van der Waals surface area contributed by atoms with Crippen LogP contribution in [0.25, 0.3) is 23.3 Å². The molecular weight excluding hydrogens is 368 g/mol. The molecule has 0 heterocycles. The van der Waals surface area contributed by atoms with Crippen LogP contribution in [0.2, 0.25) is 0 Å². The molecule has 0 nitrogen and oxygen atoms in total. The Balaban J connectivity index is 1.41. The molecular formula is C24H17Br. The zero-order valence-electron chi connectivity index (χ0n) is 13.8. The number of allylic oxidation sites excluding steroid dienone is 2. The summed E-state index contributed by atoms with van der Waals surface area (Å²) in [5, 5.41) is 0. The van der Waals surface area contributed by atoms with Gasteiger partial charge >= 0.3 is 0 Å². The van der Waals surface area contributed by atoms with E-state index in [0.717, 1.165) is 17.3 Å². The molecule has 0 spiro atoms. The van der Waals surface area contributed by atoms with E-state index in [1.165, 1.54) is 44.5 Å². The maximum absolute atomic E-state index is 3.57. The van der Waals surface area contributed by atoms with Crippen molar-refractivity contribution in [3.05, 3.63) is 105 Å². The van der Waals surface area contributed by atoms with Gasteiger partial charge in [-0.15, -0.1) is 0 Å². The minimum Gasteiger partial charge on any atom is -0.0619 e. The van der Waals surface area contributed by atoms with Gasteiger partial charge in [0.2, 0.25) is 0 Å². The quantitative estimate of drug-likeness (QED) is 0.464. The first-order valence-electron chi connectivity index (χ1n) is 8.64. The Hall–Kier alpha value is -2.38. The number of fused-ring (bicyclic) bond motifs is 2. The van der Waals surface area contributed by atoms with Gasteiger partial charge in [0.25, 0.3) is 0 Å². The first kappa shape index (κ1) is 14.9. The third-order valence-corrected chi connectivity index (χ3v) is 5.70. The van der Waals surface area contributed by atoms with Crippen molar-refractivity contribution < 1.29 is 0 Å². The van der Waals surface area contributed by atoms with Gasteiger partial charge in [0.15, 0.2) is 0 Å². The van der Waals surface area contributed by atoms with Gasteiger partial charge in [-0.1, -0.05) is 82.7 Å². The summed E-state index contributed by atoms with van der Waals surface area (Å²) in [6, 6.07) is 24.3. The van der Waals surface area contributed by atoms with Gasteiger partial charge in [-0.05, 0) is 69.5 Å². The summed E-state index contributed by atoms with van der Waals surface area (Å²) in [4.78, 5) is 0. The van der Waals surface area contributed by atoms with Crippen molar-refractivity contribution in [2.75, 3.05) is 0 Å². The fourth-order valence-corrected chi connectivity index (χ4v) is 4.27. The molecule has 120 valence electrons. The monoisotopic (exact) mass is 384 g/mol. The average molecular weight is 385 g/mol. The van der Waals surface area contributed by atoms with Crippen LogP contribution in [0.3, 0.4) is 0 Å². The van der Waals surface area contributed by atoms with Crippen molar-refractivity contribution >= 4 is 39.2 Å². The van der Waals surface area contributed by atoms with Crippen LogP contribution in [0, 0.1) is 0 Å². The zero-order chi connectivity index (χ0) is 16.8. The molecule has 0 N–H and O–H groups in total. The van der Waals surface area contributed by atoms with Gasteiger partial charge in [-0.3, -0.25) is 0 Å². The van der Waals surface area contributed by atoms with Crippen molar-refractivity contribution in [1.29, 1.82) is 0 Å². The Morgan fingerprint density at radius 2 is 1.20 bits per heavy atom. The summed E-state index contributed by atoms with van der Waals surface area (Å²) in [6.45, 7) is 0. The molecule has 0 aliphatic heterocycles. The van der Waals surface area contributed by atoms with Crippen LogP contribution >= 0.6 is 15.9 Å². The summed E-state index contributed by atoms with van der Waals surface area (Å²) in [7, 11) is 0. The van der Waals surface area contributed by atoms with Crippen LogP contribution in [-0.2, 0) is 12.8 Å². The minimum absolute atomic E-state index is 1.02. The molecule has 2 aliphatic carbocycles. The van der Waals surface area contributed by atoms with E-state index in [0.29, 0.717) is 0 Å². The maximum Gasteiger partial charge on any atom is 0.0178 e. The van der Waals surface area contributed by atoms with Gasteiger partial charge in [-0.2, -0.15) is 0 Å². The van der Waals surface area contributed by atoms with Crippen LogP contribution in [0.15, 0.2) is 71.2 Å². The Morgan fingerprint density at radius 1 is 0.600 bits per heavy atom. The largest absolute Gasteiger partial charge is 0.0619 e. The van der Waals surface area contributed by atoms with Gasteiger partial charge in [0.05, 0.1) is 0 Å². The highest BCUT2D eigenvalue weighted by Crippen LogP contribution is 2.35. The molecule has 1 heteroatoms. The maximum atomic E-state index is 3.57. The Kier molecular flexibility index (Phi) is 3.50. The summed E-state index contributed by atoms with van der Waals surface area (Å²) >= 11 is 3.57. The van der Waals surface area contributed by atoms with Crippen LogP contribution in [0.4, 0.5) is 0 Å². The molecule has 3 aromatic carbocycles. The molecule has 0 fully saturated rings. The molecule has 5 rings (SSSR count). The molecule has 2 aliphatic rings. The topological polar surface area (TPSA) is 0 Å². The highest BCUT2D eigenvalue weighted by atomic mass is 79.9. The fourth-order valence-electron chi connectivity index (χ4n) is 3.86. The summed E-state index contributed by atoms with van der Waals surface area (Å²) in [5.41, 5.74) is 11.0. The van der Waals surface area contributed by atoms with Crippen molar-refractivity contribution in [1.82, 2.24) is 0 Å². The molecule has 3 aromatic rings. The lowest BCUT2D eigenvalue weighted by Crippen LogP contribution is -1.89. The van der Waals surface area contributed by atoms with E-state index in [1.54, 1.807) is 0 Å².